The number of hydrogen-bond acceptors (Lipinski definition) is 3. The van der Waals surface area contributed by atoms with E-state index in [1.54, 1.807) is 6.20 Å². The van der Waals surface area contributed by atoms with Gasteiger partial charge in [-0.2, -0.15) is 0 Å². The standard InChI is InChI=1S/C20H20N2O2/c1-15-7-2-5-10-19(15)24-12-6-11-20(23)22-17-13-16-8-3-4-9-18(16)21-14-17/h2-5,7-10,13-14H,6,11-12H2,1H3,(H,22,23). The van der Waals surface area contributed by atoms with Crippen LogP contribution in [0, 0.1) is 6.92 Å². The van der Waals surface area contributed by atoms with Gasteiger partial charge in [0.15, 0.2) is 0 Å². The molecule has 0 unspecified atom stereocenters. The number of nitrogens with one attached hydrogen (secondary N) is 1. The summed E-state index contributed by atoms with van der Waals surface area (Å²) in [6, 6.07) is 17.6. The lowest BCUT2D eigenvalue weighted by molar-refractivity contribution is -0.116. The molecule has 4 nitrogen and oxygen atoms in total. The summed E-state index contributed by atoms with van der Waals surface area (Å²) in [4.78, 5) is 16.4. The maximum absolute atomic E-state index is 12.0. The van der Waals surface area contributed by atoms with E-state index in [1.807, 2.05) is 61.5 Å². The Morgan fingerprint density at radius 1 is 1.12 bits per heavy atom. The van der Waals surface area contributed by atoms with Gasteiger partial charge in [-0.05, 0) is 37.1 Å². The van der Waals surface area contributed by atoms with Crippen LogP contribution in [0.5, 0.6) is 5.75 Å². The highest BCUT2D eigenvalue weighted by atomic mass is 16.5. The number of rotatable bonds is 6. The molecule has 2 aromatic carbocycles. The minimum Gasteiger partial charge on any atom is -0.493 e. The Morgan fingerprint density at radius 3 is 2.79 bits per heavy atom. The van der Waals surface area contributed by atoms with Gasteiger partial charge in [-0.25, -0.2) is 0 Å². The average molecular weight is 320 g/mol. The van der Waals surface area contributed by atoms with E-state index in [9.17, 15) is 4.79 Å². The van der Waals surface area contributed by atoms with E-state index in [-0.39, 0.29) is 5.91 Å². The van der Waals surface area contributed by atoms with Gasteiger partial charge in [-0.3, -0.25) is 9.78 Å². The molecular formula is C20H20N2O2. The number of anilines is 1. The maximum atomic E-state index is 12.0. The quantitative estimate of drug-likeness (QED) is 0.687. The van der Waals surface area contributed by atoms with Crippen molar-refractivity contribution in [1.29, 1.82) is 0 Å². The first-order valence-corrected chi connectivity index (χ1v) is 8.05. The molecule has 0 radical (unpaired) electrons. The first kappa shape index (κ1) is 16.0. The number of para-hydroxylation sites is 2. The average Bonchev–Trinajstić information content (AvgIpc) is 2.60. The molecule has 3 rings (SSSR count). The van der Waals surface area contributed by atoms with Gasteiger partial charge >= 0.3 is 0 Å². The van der Waals surface area contributed by atoms with Crippen molar-refractivity contribution in [3.8, 4) is 5.75 Å². The van der Waals surface area contributed by atoms with Crippen molar-refractivity contribution < 1.29 is 9.53 Å². The van der Waals surface area contributed by atoms with Crippen LogP contribution in [-0.4, -0.2) is 17.5 Å². The van der Waals surface area contributed by atoms with Gasteiger partial charge in [0.25, 0.3) is 0 Å². The van der Waals surface area contributed by atoms with Gasteiger partial charge in [-0.15, -0.1) is 0 Å². The molecule has 0 aliphatic carbocycles. The van der Waals surface area contributed by atoms with E-state index >= 15 is 0 Å². The molecule has 1 amide bonds. The van der Waals surface area contributed by atoms with Crippen LogP contribution in [-0.2, 0) is 4.79 Å². The Hall–Kier alpha value is -2.88. The lowest BCUT2D eigenvalue weighted by atomic mass is 10.2. The molecule has 0 atom stereocenters. The number of pyridine rings is 1. The van der Waals surface area contributed by atoms with Crippen LogP contribution in [0.1, 0.15) is 18.4 Å². The minimum absolute atomic E-state index is 0.0273. The molecule has 1 aromatic heterocycles. The van der Waals surface area contributed by atoms with Gasteiger partial charge < -0.3 is 10.1 Å². The summed E-state index contributed by atoms with van der Waals surface area (Å²) in [6.45, 7) is 2.53. The van der Waals surface area contributed by atoms with Crippen molar-refractivity contribution in [2.45, 2.75) is 19.8 Å². The first-order chi connectivity index (χ1) is 11.7. The third-order valence-electron chi connectivity index (χ3n) is 3.77. The number of aromatic nitrogens is 1. The molecule has 3 aromatic rings. The number of aryl methyl sites for hydroxylation is 1. The lowest BCUT2D eigenvalue weighted by Gasteiger charge is -2.09. The highest BCUT2D eigenvalue weighted by Crippen LogP contribution is 2.17. The zero-order valence-electron chi connectivity index (χ0n) is 13.7. The van der Waals surface area contributed by atoms with E-state index in [4.69, 9.17) is 4.74 Å². The van der Waals surface area contributed by atoms with Crippen LogP contribution < -0.4 is 10.1 Å². The molecule has 0 saturated heterocycles. The van der Waals surface area contributed by atoms with Crippen molar-refractivity contribution in [2.75, 3.05) is 11.9 Å². The molecule has 4 heteroatoms. The highest BCUT2D eigenvalue weighted by molar-refractivity contribution is 5.93. The second-order valence-corrected chi connectivity index (χ2v) is 5.68. The second-order valence-electron chi connectivity index (χ2n) is 5.68. The molecule has 0 fully saturated rings. The van der Waals surface area contributed by atoms with E-state index < -0.39 is 0 Å². The zero-order chi connectivity index (χ0) is 16.8. The van der Waals surface area contributed by atoms with E-state index in [1.165, 1.54) is 0 Å². The Morgan fingerprint density at radius 2 is 1.92 bits per heavy atom. The second kappa shape index (κ2) is 7.59. The highest BCUT2D eigenvalue weighted by Gasteiger charge is 2.05. The monoisotopic (exact) mass is 320 g/mol. The maximum Gasteiger partial charge on any atom is 0.224 e. The van der Waals surface area contributed by atoms with Crippen LogP contribution in [0.4, 0.5) is 5.69 Å². The number of hydrogen-bond donors (Lipinski definition) is 1. The molecule has 0 bridgehead atoms. The predicted molar refractivity (Wildman–Crippen MR) is 96.3 cm³/mol. The van der Waals surface area contributed by atoms with Gasteiger partial charge in [0.2, 0.25) is 5.91 Å². The number of carbonyl (C=O) groups is 1. The first-order valence-electron chi connectivity index (χ1n) is 8.05. The van der Waals surface area contributed by atoms with Crippen molar-refractivity contribution in [2.24, 2.45) is 0 Å². The molecule has 0 aliphatic rings. The third-order valence-corrected chi connectivity index (χ3v) is 3.77. The topological polar surface area (TPSA) is 51.2 Å². The van der Waals surface area contributed by atoms with Gasteiger partial charge in [-0.1, -0.05) is 36.4 Å². The van der Waals surface area contributed by atoms with E-state index in [0.717, 1.165) is 27.9 Å². The van der Waals surface area contributed by atoms with E-state index in [0.29, 0.717) is 19.4 Å². The fourth-order valence-electron chi connectivity index (χ4n) is 2.50. The Balaban J connectivity index is 1.47. The number of benzene rings is 2. The number of fused-ring (bicyclic) bond motifs is 1. The summed E-state index contributed by atoms with van der Waals surface area (Å²) in [5.41, 5.74) is 2.74. The summed E-state index contributed by atoms with van der Waals surface area (Å²) in [5.74, 6) is 0.845. The number of ether oxygens (including phenoxy) is 1. The summed E-state index contributed by atoms with van der Waals surface area (Å²) >= 11 is 0. The molecule has 1 heterocycles. The van der Waals surface area contributed by atoms with Gasteiger partial charge in [0.1, 0.15) is 5.75 Å². The van der Waals surface area contributed by atoms with Crippen LogP contribution in [0.3, 0.4) is 0 Å². The zero-order valence-corrected chi connectivity index (χ0v) is 13.7. The fourth-order valence-corrected chi connectivity index (χ4v) is 2.50. The minimum atomic E-state index is -0.0273. The van der Waals surface area contributed by atoms with Crippen LogP contribution >= 0.6 is 0 Å². The predicted octanol–water partition coefficient (Wildman–Crippen LogP) is 4.34. The van der Waals surface area contributed by atoms with Gasteiger partial charge in [0, 0.05) is 11.8 Å². The smallest absolute Gasteiger partial charge is 0.224 e. The Kier molecular flexibility index (Phi) is 5.06. The molecule has 0 saturated carbocycles. The van der Waals surface area contributed by atoms with Crippen LogP contribution in [0.25, 0.3) is 10.9 Å². The molecule has 24 heavy (non-hydrogen) atoms. The number of nitrogens with zero attached hydrogens (tertiary/aromatic N) is 1. The number of amides is 1. The van der Waals surface area contributed by atoms with Crippen molar-refractivity contribution in [3.63, 3.8) is 0 Å². The van der Waals surface area contributed by atoms with Gasteiger partial charge in [0.05, 0.1) is 24.0 Å². The molecular weight excluding hydrogens is 300 g/mol. The van der Waals surface area contributed by atoms with E-state index in [2.05, 4.69) is 10.3 Å². The largest absolute Gasteiger partial charge is 0.493 e. The Bertz CT molecular complexity index is 846. The molecule has 1 N–H and O–H groups in total. The third kappa shape index (κ3) is 4.10. The molecule has 0 spiro atoms. The van der Waals surface area contributed by atoms with Crippen molar-refractivity contribution in [3.05, 3.63) is 66.4 Å². The summed E-state index contributed by atoms with van der Waals surface area (Å²) in [5, 5.41) is 3.90. The Labute approximate surface area is 141 Å². The van der Waals surface area contributed by atoms with Crippen LogP contribution in [0.15, 0.2) is 60.8 Å². The SMILES string of the molecule is Cc1ccccc1OCCCC(=O)Nc1cnc2ccccc2c1. The summed E-state index contributed by atoms with van der Waals surface area (Å²) in [6.07, 6.45) is 2.77. The normalized spacial score (nSPS) is 10.5. The van der Waals surface area contributed by atoms with Crippen molar-refractivity contribution >= 4 is 22.5 Å². The molecule has 122 valence electrons. The van der Waals surface area contributed by atoms with Crippen molar-refractivity contribution in [1.82, 2.24) is 4.98 Å². The van der Waals surface area contributed by atoms with Crippen LogP contribution in [0.2, 0.25) is 0 Å². The summed E-state index contributed by atoms with van der Waals surface area (Å²) in [7, 11) is 0. The summed E-state index contributed by atoms with van der Waals surface area (Å²) < 4.78 is 5.70. The fraction of sp³-hybridized carbons (Fsp3) is 0.200. The lowest BCUT2D eigenvalue weighted by Crippen LogP contribution is -2.13. The number of carbonyl (C=O) groups excluding carboxylic acids is 1. The molecule has 0 aliphatic heterocycles.